The van der Waals surface area contributed by atoms with Crippen molar-refractivity contribution in [2.24, 2.45) is 0 Å². The Hall–Kier alpha value is -0.860. The summed E-state index contributed by atoms with van der Waals surface area (Å²) < 4.78 is 2.34. The summed E-state index contributed by atoms with van der Waals surface area (Å²) in [5, 5.41) is 0. The van der Waals surface area contributed by atoms with Crippen molar-refractivity contribution in [2.75, 3.05) is 0 Å². The molecule has 0 atom stereocenters. The average molecular weight is 364 g/mol. The van der Waals surface area contributed by atoms with Crippen LogP contribution in [-0.4, -0.2) is 0 Å². The number of rotatable bonds is 2. The normalized spacial score (nSPS) is 12.1. The van der Waals surface area contributed by atoms with Crippen LogP contribution in [0.3, 0.4) is 0 Å². The predicted molar refractivity (Wildman–Crippen MR) is 84.0 cm³/mol. The minimum atomic E-state index is 0.916. The highest BCUT2D eigenvalue weighted by Gasteiger charge is 2.21. The third-order valence-corrected chi connectivity index (χ3v) is 4.68. The first-order valence-corrected chi connectivity index (χ1v) is 7.49. The molecule has 1 aliphatic rings. The molecule has 0 nitrogen and oxygen atoms in total. The van der Waals surface area contributed by atoms with Gasteiger partial charge in [-0.05, 0) is 58.9 Å². The van der Waals surface area contributed by atoms with Gasteiger partial charge in [-0.2, -0.15) is 0 Å². The van der Waals surface area contributed by atoms with E-state index >= 15 is 0 Å². The van der Waals surface area contributed by atoms with Crippen LogP contribution in [0, 0.1) is 0 Å². The summed E-state index contributed by atoms with van der Waals surface area (Å²) in [5.74, 6) is 0. The molecule has 0 heterocycles. The van der Waals surface area contributed by atoms with Crippen molar-refractivity contribution in [1.82, 2.24) is 0 Å². The number of hydrogen-bond donors (Lipinski definition) is 0. The van der Waals surface area contributed by atoms with Gasteiger partial charge in [0.25, 0.3) is 0 Å². The Morgan fingerprint density at radius 1 is 1.11 bits per heavy atom. The fourth-order valence-corrected chi connectivity index (χ4v) is 3.59. The maximum absolute atomic E-state index is 3.86. The average Bonchev–Trinajstić information content (AvgIpc) is 2.70. The van der Waals surface area contributed by atoms with E-state index in [0.717, 1.165) is 17.3 Å². The molecule has 18 heavy (non-hydrogen) atoms. The molecule has 0 unspecified atom stereocenters. The summed E-state index contributed by atoms with van der Waals surface area (Å²) in [7, 11) is 0. The van der Waals surface area contributed by atoms with E-state index in [-0.39, 0.29) is 0 Å². The Bertz CT molecular complexity index is 642. The van der Waals surface area contributed by atoms with E-state index in [0.29, 0.717) is 0 Å². The van der Waals surface area contributed by atoms with Crippen molar-refractivity contribution in [2.45, 2.75) is 12.8 Å². The SMILES string of the molecule is C=CCc1c(Br)ccc2c1Cc1cc(Br)ccc1-2. The molecule has 2 aromatic carbocycles. The van der Waals surface area contributed by atoms with Gasteiger partial charge in [-0.15, -0.1) is 6.58 Å². The molecule has 3 rings (SSSR count). The maximum atomic E-state index is 3.86. The molecule has 0 radical (unpaired) electrons. The van der Waals surface area contributed by atoms with E-state index in [1.807, 2.05) is 6.08 Å². The Morgan fingerprint density at radius 2 is 1.89 bits per heavy atom. The molecule has 0 saturated carbocycles. The Kier molecular flexibility index (Phi) is 3.16. The molecule has 90 valence electrons. The predicted octanol–water partition coefficient (Wildman–Crippen LogP) is 5.51. The quantitative estimate of drug-likeness (QED) is 0.526. The van der Waals surface area contributed by atoms with Gasteiger partial charge in [-0.25, -0.2) is 0 Å². The van der Waals surface area contributed by atoms with Crippen LogP contribution in [0.5, 0.6) is 0 Å². The zero-order valence-corrected chi connectivity index (χ0v) is 13.0. The standard InChI is InChI=1S/C16H12Br2/c1-2-3-14-15-9-10-8-11(17)4-5-12(10)13(15)6-7-16(14)18/h2,4-8H,1,3,9H2. The van der Waals surface area contributed by atoms with Crippen LogP contribution in [0.15, 0.2) is 51.9 Å². The molecule has 0 bridgehead atoms. The molecule has 0 amide bonds. The lowest BCUT2D eigenvalue weighted by molar-refractivity contribution is 1.15. The van der Waals surface area contributed by atoms with Gasteiger partial charge in [0.05, 0.1) is 0 Å². The molecule has 0 aliphatic heterocycles. The molecule has 0 spiro atoms. The first kappa shape index (κ1) is 12.2. The minimum absolute atomic E-state index is 0.916. The van der Waals surface area contributed by atoms with Gasteiger partial charge >= 0.3 is 0 Å². The van der Waals surface area contributed by atoms with Crippen molar-refractivity contribution in [3.8, 4) is 11.1 Å². The smallest absolute Gasteiger partial charge is 0.0213 e. The van der Waals surface area contributed by atoms with Gasteiger partial charge in [0.1, 0.15) is 0 Å². The van der Waals surface area contributed by atoms with E-state index in [1.54, 1.807) is 0 Å². The van der Waals surface area contributed by atoms with E-state index in [9.17, 15) is 0 Å². The summed E-state index contributed by atoms with van der Waals surface area (Å²) in [6.45, 7) is 3.86. The van der Waals surface area contributed by atoms with Crippen LogP contribution in [0.4, 0.5) is 0 Å². The highest BCUT2D eigenvalue weighted by Crippen LogP contribution is 2.41. The summed E-state index contributed by atoms with van der Waals surface area (Å²) >= 11 is 7.20. The minimum Gasteiger partial charge on any atom is -0.103 e. The summed E-state index contributed by atoms with van der Waals surface area (Å²) in [6, 6.07) is 10.9. The molecule has 2 heteroatoms. The van der Waals surface area contributed by atoms with Gasteiger partial charge < -0.3 is 0 Å². The largest absolute Gasteiger partial charge is 0.103 e. The second-order valence-electron chi connectivity index (χ2n) is 4.52. The Morgan fingerprint density at radius 3 is 2.67 bits per heavy atom. The number of fused-ring (bicyclic) bond motifs is 3. The molecule has 1 aliphatic carbocycles. The fourth-order valence-electron chi connectivity index (χ4n) is 2.65. The van der Waals surface area contributed by atoms with Crippen molar-refractivity contribution in [3.05, 3.63) is 68.6 Å². The summed E-state index contributed by atoms with van der Waals surface area (Å²) in [6.07, 6.45) is 3.91. The van der Waals surface area contributed by atoms with Crippen LogP contribution in [0.2, 0.25) is 0 Å². The van der Waals surface area contributed by atoms with Crippen LogP contribution < -0.4 is 0 Å². The molecular formula is C16H12Br2. The molecular weight excluding hydrogens is 352 g/mol. The zero-order chi connectivity index (χ0) is 12.7. The number of halogens is 2. The lowest BCUT2D eigenvalue weighted by Gasteiger charge is -2.09. The molecule has 0 saturated heterocycles. The van der Waals surface area contributed by atoms with E-state index in [2.05, 4.69) is 68.8 Å². The second-order valence-corrected chi connectivity index (χ2v) is 6.29. The van der Waals surface area contributed by atoms with Crippen LogP contribution in [0.25, 0.3) is 11.1 Å². The van der Waals surface area contributed by atoms with E-state index in [1.165, 1.54) is 32.3 Å². The molecule has 2 aromatic rings. The molecule has 0 N–H and O–H groups in total. The fraction of sp³-hybridized carbons (Fsp3) is 0.125. The van der Waals surface area contributed by atoms with Gasteiger partial charge in [0.15, 0.2) is 0 Å². The first-order valence-electron chi connectivity index (χ1n) is 5.90. The maximum Gasteiger partial charge on any atom is 0.0213 e. The summed E-state index contributed by atoms with van der Waals surface area (Å²) in [4.78, 5) is 0. The van der Waals surface area contributed by atoms with Crippen LogP contribution >= 0.6 is 31.9 Å². The highest BCUT2D eigenvalue weighted by atomic mass is 79.9. The lowest BCUT2D eigenvalue weighted by Crippen LogP contribution is -1.92. The number of hydrogen-bond acceptors (Lipinski definition) is 0. The number of allylic oxidation sites excluding steroid dienone is 1. The van der Waals surface area contributed by atoms with Crippen LogP contribution in [0.1, 0.15) is 16.7 Å². The first-order chi connectivity index (χ1) is 8.70. The van der Waals surface area contributed by atoms with Gasteiger partial charge in [0.2, 0.25) is 0 Å². The number of benzene rings is 2. The second kappa shape index (κ2) is 4.67. The highest BCUT2D eigenvalue weighted by molar-refractivity contribution is 9.10. The Balaban J connectivity index is 2.21. The lowest BCUT2D eigenvalue weighted by atomic mass is 9.99. The van der Waals surface area contributed by atoms with Crippen molar-refractivity contribution < 1.29 is 0 Å². The van der Waals surface area contributed by atoms with E-state index in [4.69, 9.17) is 0 Å². The van der Waals surface area contributed by atoms with Crippen molar-refractivity contribution in [3.63, 3.8) is 0 Å². The van der Waals surface area contributed by atoms with Crippen molar-refractivity contribution in [1.29, 1.82) is 0 Å². The third-order valence-electron chi connectivity index (χ3n) is 3.45. The molecule has 0 fully saturated rings. The van der Waals surface area contributed by atoms with Crippen molar-refractivity contribution >= 4 is 31.9 Å². The molecule has 0 aromatic heterocycles. The van der Waals surface area contributed by atoms with Gasteiger partial charge in [-0.3, -0.25) is 0 Å². The van der Waals surface area contributed by atoms with E-state index < -0.39 is 0 Å². The van der Waals surface area contributed by atoms with Crippen LogP contribution in [-0.2, 0) is 12.8 Å². The van der Waals surface area contributed by atoms with Gasteiger partial charge in [0, 0.05) is 8.95 Å². The zero-order valence-electron chi connectivity index (χ0n) is 9.84. The topological polar surface area (TPSA) is 0 Å². The monoisotopic (exact) mass is 362 g/mol. The summed E-state index contributed by atoms with van der Waals surface area (Å²) in [5.41, 5.74) is 6.96. The van der Waals surface area contributed by atoms with Gasteiger partial charge in [-0.1, -0.05) is 50.1 Å². The third kappa shape index (κ3) is 1.88. The Labute approximate surface area is 124 Å².